The van der Waals surface area contributed by atoms with Gasteiger partial charge < -0.3 is 14.9 Å². The zero-order chi connectivity index (χ0) is 26.6. The van der Waals surface area contributed by atoms with E-state index >= 15 is 4.39 Å². The van der Waals surface area contributed by atoms with E-state index in [1.165, 1.54) is 18.6 Å². The van der Waals surface area contributed by atoms with Crippen LogP contribution in [0.1, 0.15) is 26.5 Å². The molecule has 0 aliphatic heterocycles. The molecular formula is C26H23FN10O. The third-order valence-corrected chi connectivity index (χ3v) is 6.09. The minimum atomic E-state index is -0.592. The Morgan fingerprint density at radius 3 is 2.71 bits per heavy atom. The molecule has 190 valence electrons. The van der Waals surface area contributed by atoms with Gasteiger partial charge in [0.05, 0.1) is 35.0 Å². The molecule has 0 aliphatic carbocycles. The van der Waals surface area contributed by atoms with E-state index in [0.29, 0.717) is 28.2 Å². The normalized spacial score (nSPS) is 11.9. The van der Waals surface area contributed by atoms with Crippen molar-refractivity contribution in [1.82, 2.24) is 44.7 Å². The fourth-order valence-corrected chi connectivity index (χ4v) is 4.07. The van der Waals surface area contributed by atoms with Crippen molar-refractivity contribution < 1.29 is 9.18 Å². The zero-order valence-corrected chi connectivity index (χ0v) is 21.0. The summed E-state index contributed by atoms with van der Waals surface area (Å²) < 4.78 is 17.9. The lowest BCUT2D eigenvalue weighted by atomic mass is 9.95. The minimum Gasteiger partial charge on any atom is -0.324 e. The maximum atomic E-state index is 16.0. The van der Waals surface area contributed by atoms with E-state index in [0.717, 1.165) is 11.4 Å². The van der Waals surface area contributed by atoms with E-state index in [4.69, 9.17) is 4.98 Å². The summed E-state index contributed by atoms with van der Waals surface area (Å²) in [4.78, 5) is 37.5. The number of rotatable bonds is 4. The van der Waals surface area contributed by atoms with Gasteiger partial charge in [-0.2, -0.15) is 5.10 Å². The lowest BCUT2D eigenvalue weighted by Crippen LogP contribution is -2.27. The molecule has 3 N–H and O–H groups in total. The Labute approximate surface area is 215 Å². The number of carbonyl (C=O) groups excluding carboxylic acids is 1. The van der Waals surface area contributed by atoms with E-state index < -0.39 is 11.2 Å². The molecule has 0 unspecified atom stereocenters. The molecule has 0 radical (unpaired) electrons. The fraction of sp³-hybridized carbons (Fsp3) is 0.192. The van der Waals surface area contributed by atoms with Crippen molar-refractivity contribution in [3.8, 4) is 28.3 Å². The highest BCUT2D eigenvalue weighted by molar-refractivity contribution is 5.96. The number of nitrogens with zero attached hydrogens (tertiary/aromatic N) is 7. The molecule has 6 aromatic rings. The molecule has 0 saturated heterocycles. The van der Waals surface area contributed by atoms with Gasteiger partial charge in [0, 0.05) is 41.3 Å². The average molecular weight is 511 g/mol. The van der Waals surface area contributed by atoms with Gasteiger partial charge in [-0.05, 0) is 19.1 Å². The number of halogens is 1. The van der Waals surface area contributed by atoms with Crippen LogP contribution >= 0.6 is 0 Å². The SMILES string of the molecule is Cc1cn(-c2ccnc3[nH]c(-c4n[nH]c5ncc(-c6cncc(NC(=O)C(C)(C)C)c6)c(F)c45)nc23)cn1. The van der Waals surface area contributed by atoms with Gasteiger partial charge in [-0.3, -0.25) is 14.9 Å². The smallest absolute Gasteiger partial charge is 0.229 e. The number of imidazole rings is 2. The number of aryl methyl sites for hydroxylation is 1. The van der Waals surface area contributed by atoms with Crippen molar-refractivity contribution in [3.63, 3.8) is 0 Å². The molecule has 0 atom stereocenters. The number of aromatic amines is 2. The van der Waals surface area contributed by atoms with Crippen LogP contribution in [0.5, 0.6) is 0 Å². The van der Waals surface area contributed by atoms with E-state index in [-0.39, 0.29) is 28.2 Å². The predicted octanol–water partition coefficient (Wildman–Crippen LogP) is 4.58. The first-order valence-corrected chi connectivity index (χ1v) is 11.8. The van der Waals surface area contributed by atoms with Gasteiger partial charge in [0.25, 0.3) is 0 Å². The minimum absolute atomic E-state index is 0.172. The number of aromatic nitrogens is 9. The summed E-state index contributed by atoms with van der Waals surface area (Å²) >= 11 is 0. The third kappa shape index (κ3) is 3.95. The molecule has 6 aromatic heterocycles. The van der Waals surface area contributed by atoms with Gasteiger partial charge in [-0.1, -0.05) is 20.8 Å². The number of hydrogen-bond donors (Lipinski definition) is 3. The summed E-state index contributed by atoms with van der Waals surface area (Å²) in [5.41, 5.74) is 3.82. The van der Waals surface area contributed by atoms with Crippen LogP contribution in [0.3, 0.4) is 0 Å². The molecule has 0 spiro atoms. The molecule has 0 fully saturated rings. The highest BCUT2D eigenvalue weighted by atomic mass is 19.1. The Balaban J connectivity index is 1.44. The maximum absolute atomic E-state index is 16.0. The quantitative estimate of drug-likeness (QED) is 0.315. The van der Waals surface area contributed by atoms with E-state index in [1.54, 1.807) is 18.6 Å². The highest BCUT2D eigenvalue weighted by Gasteiger charge is 2.23. The summed E-state index contributed by atoms with van der Waals surface area (Å²) in [5, 5.41) is 10.1. The van der Waals surface area contributed by atoms with Gasteiger partial charge in [-0.25, -0.2) is 24.3 Å². The van der Waals surface area contributed by atoms with Crippen molar-refractivity contribution in [2.24, 2.45) is 5.41 Å². The second-order valence-electron chi connectivity index (χ2n) is 9.98. The van der Waals surface area contributed by atoms with Crippen LogP contribution < -0.4 is 5.32 Å². The summed E-state index contributed by atoms with van der Waals surface area (Å²) in [6.45, 7) is 7.33. The molecule has 6 rings (SSSR count). The van der Waals surface area contributed by atoms with Gasteiger partial charge in [0.15, 0.2) is 17.1 Å². The fourth-order valence-electron chi connectivity index (χ4n) is 4.07. The van der Waals surface area contributed by atoms with Crippen LogP contribution in [0.15, 0.2) is 49.4 Å². The van der Waals surface area contributed by atoms with Crippen LogP contribution in [0, 0.1) is 18.2 Å². The van der Waals surface area contributed by atoms with Crippen LogP contribution in [-0.2, 0) is 4.79 Å². The van der Waals surface area contributed by atoms with E-state index in [2.05, 4.69) is 40.4 Å². The Morgan fingerprint density at radius 2 is 1.95 bits per heavy atom. The van der Waals surface area contributed by atoms with Crippen LogP contribution in [0.25, 0.3) is 50.5 Å². The van der Waals surface area contributed by atoms with Crippen molar-refractivity contribution in [2.75, 3.05) is 5.32 Å². The number of nitrogens with one attached hydrogen (secondary N) is 3. The van der Waals surface area contributed by atoms with E-state index in [1.807, 2.05) is 44.5 Å². The van der Waals surface area contributed by atoms with Gasteiger partial charge in [0.1, 0.15) is 17.0 Å². The molecule has 38 heavy (non-hydrogen) atoms. The van der Waals surface area contributed by atoms with Crippen molar-refractivity contribution in [1.29, 1.82) is 0 Å². The Kier molecular flexibility index (Phi) is 5.26. The second-order valence-corrected chi connectivity index (χ2v) is 9.98. The number of hydrogen-bond acceptors (Lipinski definition) is 7. The number of amides is 1. The summed E-state index contributed by atoms with van der Waals surface area (Å²) in [7, 11) is 0. The Morgan fingerprint density at radius 1 is 1.11 bits per heavy atom. The van der Waals surface area contributed by atoms with Gasteiger partial charge in [0.2, 0.25) is 5.91 Å². The molecule has 11 nitrogen and oxygen atoms in total. The third-order valence-electron chi connectivity index (χ3n) is 6.09. The summed E-state index contributed by atoms with van der Waals surface area (Å²) in [5.74, 6) is -0.379. The molecule has 0 aromatic carbocycles. The van der Waals surface area contributed by atoms with E-state index in [9.17, 15) is 4.79 Å². The summed E-state index contributed by atoms with van der Waals surface area (Å²) in [6.07, 6.45) is 9.69. The molecule has 0 saturated carbocycles. The van der Waals surface area contributed by atoms with Crippen LogP contribution in [0.2, 0.25) is 0 Å². The van der Waals surface area contributed by atoms with Crippen LogP contribution in [-0.4, -0.2) is 50.6 Å². The average Bonchev–Trinajstić information content (AvgIpc) is 3.61. The van der Waals surface area contributed by atoms with Crippen molar-refractivity contribution in [2.45, 2.75) is 27.7 Å². The largest absolute Gasteiger partial charge is 0.324 e. The number of fused-ring (bicyclic) bond motifs is 2. The molecule has 0 bridgehead atoms. The van der Waals surface area contributed by atoms with Gasteiger partial charge >= 0.3 is 0 Å². The number of anilines is 1. The first kappa shape index (κ1) is 23.4. The molecule has 1 amide bonds. The number of pyridine rings is 3. The molecular weight excluding hydrogens is 487 g/mol. The monoisotopic (exact) mass is 510 g/mol. The summed E-state index contributed by atoms with van der Waals surface area (Å²) in [6, 6.07) is 3.49. The first-order chi connectivity index (χ1) is 18.2. The van der Waals surface area contributed by atoms with Crippen molar-refractivity contribution >= 4 is 33.8 Å². The Hall–Kier alpha value is -5.00. The van der Waals surface area contributed by atoms with Gasteiger partial charge in [-0.15, -0.1) is 0 Å². The maximum Gasteiger partial charge on any atom is 0.229 e. The number of H-pyrrole nitrogens is 2. The first-order valence-electron chi connectivity index (χ1n) is 11.8. The molecule has 12 heteroatoms. The highest BCUT2D eigenvalue weighted by Crippen LogP contribution is 2.33. The number of carbonyl (C=O) groups is 1. The lowest BCUT2D eigenvalue weighted by molar-refractivity contribution is -0.123. The lowest BCUT2D eigenvalue weighted by Gasteiger charge is -2.17. The Bertz CT molecular complexity index is 1840. The second kappa shape index (κ2) is 8.54. The van der Waals surface area contributed by atoms with Crippen LogP contribution in [0.4, 0.5) is 10.1 Å². The zero-order valence-electron chi connectivity index (χ0n) is 21.0. The van der Waals surface area contributed by atoms with Crippen molar-refractivity contribution in [3.05, 3.63) is 61.0 Å². The standard InChI is InChI=1S/C26H23FN10O/c1-13-11-37(12-31-13)17-5-6-29-23-20(17)33-24(34-23)21-18-19(27)16(10-30-22(18)36-35-21)14-7-15(9-28-8-14)32-25(38)26(2,3)4/h5-12H,1-4H3,(H,32,38)(H,29,33,34)(H,30,35,36). The topological polar surface area (TPSA) is 143 Å². The molecule has 0 aliphatic rings. The molecule has 6 heterocycles. The predicted molar refractivity (Wildman–Crippen MR) is 140 cm³/mol.